The van der Waals surface area contributed by atoms with E-state index in [0.29, 0.717) is 35.1 Å². The van der Waals surface area contributed by atoms with Crippen LogP contribution in [0.5, 0.6) is 11.5 Å². The highest BCUT2D eigenvalue weighted by atomic mass is 16.7. The second-order valence-corrected chi connectivity index (χ2v) is 6.84. The van der Waals surface area contributed by atoms with Gasteiger partial charge in [0.2, 0.25) is 0 Å². The molecule has 0 saturated heterocycles. The maximum atomic E-state index is 12.7. The fourth-order valence-corrected chi connectivity index (χ4v) is 3.54. The molecule has 0 saturated carbocycles. The highest BCUT2D eigenvalue weighted by Gasteiger charge is 2.21. The maximum absolute atomic E-state index is 12.7. The van der Waals surface area contributed by atoms with Crippen molar-refractivity contribution in [2.75, 3.05) is 21.0 Å². The lowest BCUT2D eigenvalue weighted by Gasteiger charge is -2.17. The molecule has 0 aromatic heterocycles. The van der Waals surface area contributed by atoms with Crippen molar-refractivity contribution in [3.63, 3.8) is 0 Å². The number of hydrogen-bond acceptors (Lipinski definition) is 5. The minimum atomic E-state index is -0.485. The quantitative estimate of drug-likeness (QED) is 0.321. The first kappa shape index (κ1) is 21.4. The van der Waals surface area contributed by atoms with Crippen LogP contribution < -0.4 is 4.74 Å². The van der Waals surface area contributed by atoms with Crippen LogP contribution >= 0.6 is 0 Å². The first-order chi connectivity index (χ1) is 14.6. The Morgan fingerprint density at radius 2 is 1.83 bits per heavy atom. The van der Waals surface area contributed by atoms with Gasteiger partial charge in [0.15, 0.2) is 18.3 Å². The average Bonchev–Trinajstić information content (AvgIpc) is 2.77. The second kappa shape index (κ2) is 9.94. The number of rotatable bonds is 8. The van der Waals surface area contributed by atoms with E-state index in [9.17, 15) is 9.90 Å². The van der Waals surface area contributed by atoms with E-state index in [0.717, 1.165) is 16.5 Å². The number of fused-ring (bicyclic) bond motifs is 1. The van der Waals surface area contributed by atoms with Crippen LogP contribution in [0.3, 0.4) is 0 Å². The molecule has 0 aliphatic carbocycles. The molecule has 0 fully saturated rings. The zero-order chi connectivity index (χ0) is 21.5. The van der Waals surface area contributed by atoms with E-state index in [2.05, 4.69) is 0 Å². The van der Waals surface area contributed by atoms with E-state index in [1.54, 1.807) is 6.07 Å². The van der Waals surface area contributed by atoms with Crippen LogP contribution in [0.25, 0.3) is 16.3 Å². The number of aromatic hydroxyl groups is 1. The first-order valence-corrected chi connectivity index (χ1v) is 9.82. The number of methoxy groups -OCH3 is 2. The number of carbonyl (C=O) groups excluding carboxylic acids is 1. The van der Waals surface area contributed by atoms with Crippen LogP contribution in [0.2, 0.25) is 0 Å². The summed E-state index contributed by atoms with van der Waals surface area (Å²) >= 11 is 0. The van der Waals surface area contributed by atoms with Crippen molar-refractivity contribution in [2.45, 2.75) is 19.8 Å². The van der Waals surface area contributed by atoms with Crippen molar-refractivity contribution < 1.29 is 24.1 Å². The maximum Gasteiger partial charge on any atom is 0.340 e. The van der Waals surface area contributed by atoms with Crippen LogP contribution in [-0.2, 0) is 20.7 Å². The van der Waals surface area contributed by atoms with Gasteiger partial charge in [-0.05, 0) is 35.4 Å². The Kier molecular flexibility index (Phi) is 7.09. The molecule has 0 heterocycles. The number of ether oxygens (including phenoxy) is 3. The number of benzene rings is 3. The Morgan fingerprint density at radius 1 is 1.07 bits per heavy atom. The molecule has 0 atom stereocenters. The van der Waals surface area contributed by atoms with Gasteiger partial charge in [-0.15, -0.1) is 0 Å². The van der Waals surface area contributed by atoms with Crippen molar-refractivity contribution in [1.29, 1.82) is 0 Å². The van der Waals surface area contributed by atoms with E-state index in [-0.39, 0.29) is 12.5 Å². The van der Waals surface area contributed by atoms with E-state index in [1.165, 1.54) is 14.2 Å². The molecule has 0 radical (unpaired) electrons. The van der Waals surface area contributed by atoms with Gasteiger partial charge in [-0.1, -0.05) is 61.5 Å². The average molecular weight is 406 g/mol. The van der Waals surface area contributed by atoms with Gasteiger partial charge >= 0.3 is 5.97 Å². The number of phenols is 1. The van der Waals surface area contributed by atoms with E-state index in [4.69, 9.17) is 14.2 Å². The summed E-state index contributed by atoms with van der Waals surface area (Å²) in [5, 5.41) is 12.4. The van der Waals surface area contributed by atoms with Crippen molar-refractivity contribution in [2.24, 2.45) is 0 Å². The molecular weight excluding hydrogens is 380 g/mol. The minimum Gasteiger partial charge on any atom is -0.504 e. The Labute approximate surface area is 176 Å². The second-order valence-electron chi connectivity index (χ2n) is 6.84. The fourth-order valence-electron chi connectivity index (χ4n) is 3.54. The predicted octanol–water partition coefficient (Wildman–Crippen LogP) is 5.09. The number of esters is 1. The summed E-state index contributed by atoms with van der Waals surface area (Å²) < 4.78 is 15.5. The van der Waals surface area contributed by atoms with Crippen molar-refractivity contribution >= 4 is 22.3 Å². The standard InChI is InChI=1S/C25H26O5/c1-4-9-20(25(27)30-16-28-2)21-15-22(29-3)24(26)23-18(12-8-13-19(21)23)14-17-10-6-5-7-11-17/h5-13,15,26H,4,14,16H2,1-3H3. The highest BCUT2D eigenvalue weighted by molar-refractivity contribution is 6.21. The molecule has 156 valence electrons. The predicted molar refractivity (Wildman–Crippen MR) is 118 cm³/mol. The Hall–Kier alpha value is -3.31. The largest absolute Gasteiger partial charge is 0.504 e. The van der Waals surface area contributed by atoms with Crippen LogP contribution in [-0.4, -0.2) is 32.1 Å². The van der Waals surface area contributed by atoms with Crippen molar-refractivity contribution in [3.05, 3.63) is 77.4 Å². The van der Waals surface area contributed by atoms with E-state index < -0.39 is 5.97 Å². The van der Waals surface area contributed by atoms with Gasteiger partial charge in [0, 0.05) is 18.1 Å². The number of hydrogen-bond donors (Lipinski definition) is 1. The molecule has 5 heteroatoms. The molecule has 0 spiro atoms. The van der Waals surface area contributed by atoms with Gasteiger partial charge < -0.3 is 19.3 Å². The van der Waals surface area contributed by atoms with Crippen LogP contribution in [0.15, 0.2) is 60.7 Å². The molecule has 0 aliphatic rings. The summed E-state index contributed by atoms with van der Waals surface area (Å²) in [6.07, 6.45) is 3.10. The normalized spacial score (nSPS) is 11.5. The van der Waals surface area contributed by atoms with Crippen LogP contribution in [0.4, 0.5) is 0 Å². The molecule has 1 N–H and O–H groups in total. The molecule has 0 unspecified atom stereocenters. The molecule has 3 aromatic carbocycles. The van der Waals surface area contributed by atoms with Crippen molar-refractivity contribution in [3.8, 4) is 11.5 Å². The topological polar surface area (TPSA) is 65.0 Å². The smallest absolute Gasteiger partial charge is 0.340 e. The number of phenolic OH excluding ortho intramolecular Hbond substituents is 1. The SMILES string of the molecule is CCC=C(C(=O)OCOC)c1cc(OC)c(O)c2c(Cc3ccccc3)cccc12. The zero-order valence-electron chi connectivity index (χ0n) is 17.5. The Balaban J connectivity index is 2.22. The number of allylic oxidation sites excluding steroid dienone is 1. The molecule has 5 nitrogen and oxygen atoms in total. The summed E-state index contributed by atoms with van der Waals surface area (Å²) in [4.78, 5) is 12.7. The number of carbonyl (C=O) groups is 1. The lowest BCUT2D eigenvalue weighted by atomic mass is 9.91. The first-order valence-electron chi connectivity index (χ1n) is 9.82. The molecule has 30 heavy (non-hydrogen) atoms. The summed E-state index contributed by atoms with van der Waals surface area (Å²) in [6.45, 7) is 1.82. The third-order valence-corrected chi connectivity index (χ3v) is 4.87. The van der Waals surface area contributed by atoms with Crippen molar-refractivity contribution in [1.82, 2.24) is 0 Å². The Morgan fingerprint density at radius 3 is 2.50 bits per heavy atom. The molecule has 3 rings (SSSR count). The zero-order valence-corrected chi connectivity index (χ0v) is 17.5. The van der Waals surface area contributed by atoms with Gasteiger partial charge in [0.25, 0.3) is 0 Å². The summed E-state index contributed by atoms with van der Waals surface area (Å²) in [5.74, 6) is -0.121. The molecule has 0 aliphatic heterocycles. The molecule has 0 amide bonds. The third kappa shape index (κ3) is 4.47. The van der Waals surface area contributed by atoms with Gasteiger partial charge in [-0.2, -0.15) is 0 Å². The van der Waals surface area contributed by atoms with Gasteiger partial charge in [0.05, 0.1) is 12.7 Å². The fraction of sp³-hybridized carbons (Fsp3) is 0.240. The highest BCUT2D eigenvalue weighted by Crippen LogP contribution is 2.42. The molecular formula is C25H26O5. The lowest BCUT2D eigenvalue weighted by molar-refractivity contribution is -0.146. The Bertz CT molecular complexity index is 1050. The molecule has 3 aromatic rings. The minimum absolute atomic E-state index is 0.0592. The summed E-state index contributed by atoms with van der Waals surface area (Å²) in [5.41, 5.74) is 3.13. The summed E-state index contributed by atoms with van der Waals surface area (Å²) in [6, 6.07) is 17.5. The van der Waals surface area contributed by atoms with Crippen LogP contribution in [0, 0.1) is 0 Å². The van der Waals surface area contributed by atoms with Gasteiger partial charge in [-0.25, -0.2) is 4.79 Å². The lowest BCUT2D eigenvalue weighted by Crippen LogP contribution is -2.10. The monoisotopic (exact) mass is 406 g/mol. The third-order valence-electron chi connectivity index (χ3n) is 4.87. The van der Waals surface area contributed by atoms with Gasteiger partial charge in [-0.3, -0.25) is 0 Å². The summed E-state index contributed by atoms with van der Waals surface area (Å²) in [7, 11) is 2.96. The molecule has 0 bridgehead atoms. The van der Waals surface area contributed by atoms with Gasteiger partial charge in [0.1, 0.15) is 0 Å². The van der Waals surface area contributed by atoms with Crippen LogP contribution in [0.1, 0.15) is 30.0 Å². The van der Waals surface area contributed by atoms with E-state index >= 15 is 0 Å². The van der Waals surface area contributed by atoms with E-state index in [1.807, 2.05) is 61.5 Å².